The van der Waals surface area contributed by atoms with E-state index in [0.29, 0.717) is 25.1 Å². The van der Waals surface area contributed by atoms with Gasteiger partial charge in [-0.05, 0) is 24.6 Å². The number of benzene rings is 1. The summed E-state index contributed by atoms with van der Waals surface area (Å²) in [4.78, 5) is 0.0965. The third-order valence-corrected chi connectivity index (χ3v) is 5.67. The maximum atomic E-state index is 12.6. The van der Waals surface area contributed by atoms with Gasteiger partial charge in [0.2, 0.25) is 10.0 Å². The van der Waals surface area contributed by atoms with Crippen molar-refractivity contribution in [3.05, 3.63) is 28.8 Å². The summed E-state index contributed by atoms with van der Waals surface area (Å²) in [7, 11) is -2.02. The molecule has 2 rings (SSSR count). The number of rotatable bonds is 3. The number of ether oxygens (including phenoxy) is 1. The van der Waals surface area contributed by atoms with Gasteiger partial charge in [0.05, 0.1) is 17.7 Å². The number of nitrogens with zero attached hydrogens (tertiary/aromatic N) is 1. The molecule has 0 aromatic heterocycles. The lowest BCUT2D eigenvalue weighted by Gasteiger charge is -2.17. The molecule has 0 bridgehead atoms. The van der Waals surface area contributed by atoms with Crippen LogP contribution >= 0.6 is 11.6 Å². The van der Waals surface area contributed by atoms with Crippen molar-refractivity contribution in [3.8, 4) is 11.8 Å². The summed E-state index contributed by atoms with van der Waals surface area (Å²) < 4.78 is 31.7. The molecule has 1 aromatic rings. The van der Waals surface area contributed by atoms with E-state index in [2.05, 4.69) is 11.8 Å². The highest BCUT2D eigenvalue weighted by molar-refractivity contribution is 7.89. The zero-order valence-corrected chi connectivity index (χ0v) is 13.2. The monoisotopic (exact) mass is 328 g/mol. The van der Waals surface area contributed by atoms with Gasteiger partial charge in [-0.25, -0.2) is 8.42 Å². The first-order valence-electron chi connectivity index (χ1n) is 6.50. The van der Waals surface area contributed by atoms with Crippen LogP contribution in [0.15, 0.2) is 23.1 Å². The SMILES string of the molecule is COC1CCN(S(=O)(=O)c2ccc(C#CCN)cc2Cl)C1. The zero-order chi connectivity index (χ0) is 15.5. The van der Waals surface area contributed by atoms with Gasteiger partial charge >= 0.3 is 0 Å². The van der Waals surface area contributed by atoms with E-state index in [1.165, 1.54) is 10.4 Å². The summed E-state index contributed by atoms with van der Waals surface area (Å²) in [5.41, 5.74) is 5.94. The minimum absolute atomic E-state index is 0.0618. The summed E-state index contributed by atoms with van der Waals surface area (Å²) in [5, 5.41) is 0.166. The third kappa shape index (κ3) is 3.57. The molecular weight excluding hydrogens is 312 g/mol. The van der Waals surface area contributed by atoms with E-state index < -0.39 is 10.0 Å². The van der Waals surface area contributed by atoms with Gasteiger partial charge in [-0.1, -0.05) is 23.4 Å². The van der Waals surface area contributed by atoms with Crippen LogP contribution in [0, 0.1) is 11.8 Å². The second-order valence-electron chi connectivity index (χ2n) is 4.66. The fraction of sp³-hybridized carbons (Fsp3) is 0.429. The van der Waals surface area contributed by atoms with E-state index in [4.69, 9.17) is 22.1 Å². The average Bonchev–Trinajstić information content (AvgIpc) is 2.94. The fourth-order valence-electron chi connectivity index (χ4n) is 2.19. The first-order chi connectivity index (χ1) is 9.98. The predicted octanol–water partition coefficient (Wildman–Crippen LogP) is 1.06. The Morgan fingerprint density at radius 3 is 2.86 bits per heavy atom. The van der Waals surface area contributed by atoms with Crippen molar-refractivity contribution < 1.29 is 13.2 Å². The minimum atomic E-state index is -3.60. The van der Waals surface area contributed by atoms with Crippen LogP contribution < -0.4 is 5.73 Å². The lowest BCUT2D eigenvalue weighted by atomic mass is 10.2. The van der Waals surface area contributed by atoms with Crippen molar-refractivity contribution >= 4 is 21.6 Å². The molecule has 1 saturated heterocycles. The van der Waals surface area contributed by atoms with Gasteiger partial charge in [-0.3, -0.25) is 0 Å². The molecule has 7 heteroatoms. The smallest absolute Gasteiger partial charge is 0.244 e. The van der Waals surface area contributed by atoms with Gasteiger partial charge in [-0.2, -0.15) is 4.31 Å². The van der Waals surface area contributed by atoms with Gasteiger partial charge in [0.25, 0.3) is 0 Å². The van der Waals surface area contributed by atoms with Crippen molar-refractivity contribution in [1.29, 1.82) is 0 Å². The second kappa shape index (κ2) is 6.77. The predicted molar refractivity (Wildman–Crippen MR) is 81.6 cm³/mol. The van der Waals surface area contributed by atoms with Gasteiger partial charge in [0, 0.05) is 25.8 Å². The van der Waals surface area contributed by atoms with Crippen LogP contribution in [0.1, 0.15) is 12.0 Å². The van der Waals surface area contributed by atoms with E-state index in [-0.39, 0.29) is 22.6 Å². The highest BCUT2D eigenvalue weighted by Gasteiger charge is 2.33. The fourth-order valence-corrected chi connectivity index (χ4v) is 4.19. The Kier molecular flexibility index (Phi) is 5.25. The van der Waals surface area contributed by atoms with Crippen molar-refractivity contribution in [2.45, 2.75) is 17.4 Å². The Morgan fingerprint density at radius 1 is 1.52 bits per heavy atom. The summed E-state index contributed by atoms with van der Waals surface area (Å²) in [6.07, 6.45) is 0.626. The highest BCUT2D eigenvalue weighted by atomic mass is 35.5. The molecule has 0 amide bonds. The second-order valence-corrected chi connectivity index (χ2v) is 6.97. The number of sulfonamides is 1. The van der Waals surface area contributed by atoms with Crippen LogP contribution in [0.25, 0.3) is 0 Å². The van der Waals surface area contributed by atoms with E-state index in [9.17, 15) is 8.42 Å². The molecule has 1 unspecified atom stereocenters. The molecule has 5 nitrogen and oxygen atoms in total. The first-order valence-corrected chi connectivity index (χ1v) is 8.32. The summed E-state index contributed by atoms with van der Waals surface area (Å²) in [6.45, 7) is 1.03. The Hall–Kier alpha value is -1.10. The number of nitrogens with two attached hydrogens (primary N) is 1. The van der Waals surface area contributed by atoms with Crippen LogP contribution in [-0.2, 0) is 14.8 Å². The van der Waals surface area contributed by atoms with Gasteiger partial charge in [0.15, 0.2) is 0 Å². The molecule has 1 atom stereocenters. The normalized spacial score (nSPS) is 19.3. The van der Waals surface area contributed by atoms with Crippen LogP contribution in [0.2, 0.25) is 5.02 Å². The molecule has 21 heavy (non-hydrogen) atoms. The minimum Gasteiger partial charge on any atom is -0.380 e. The topological polar surface area (TPSA) is 72.6 Å². The maximum Gasteiger partial charge on any atom is 0.244 e. The molecule has 0 saturated carbocycles. The summed E-state index contributed by atoms with van der Waals surface area (Å²) in [6, 6.07) is 4.66. The standard InChI is InChI=1S/C14H17ClN2O3S/c1-20-12-6-8-17(10-12)21(18,19)14-5-4-11(3-2-7-16)9-13(14)15/h4-5,9,12H,6-8,10,16H2,1H3. The van der Waals surface area contributed by atoms with Crippen LogP contribution in [0.3, 0.4) is 0 Å². The number of hydrogen-bond acceptors (Lipinski definition) is 4. The van der Waals surface area contributed by atoms with Crippen molar-refractivity contribution in [1.82, 2.24) is 4.31 Å². The molecule has 0 radical (unpaired) electrons. The lowest BCUT2D eigenvalue weighted by Crippen LogP contribution is -2.30. The van der Waals surface area contributed by atoms with Crippen LogP contribution in [-0.4, -0.2) is 45.6 Å². The molecule has 1 aliphatic heterocycles. The Labute approximate surface area is 130 Å². The van der Waals surface area contributed by atoms with Crippen molar-refractivity contribution in [2.75, 3.05) is 26.7 Å². The first kappa shape index (κ1) is 16.3. The molecule has 2 N–H and O–H groups in total. The molecule has 0 aliphatic carbocycles. The van der Waals surface area contributed by atoms with E-state index >= 15 is 0 Å². The van der Waals surface area contributed by atoms with Crippen LogP contribution in [0.4, 0.5) is 0 Å². The maximum absolute atomic E-state index is 12.6. The Morgan fingerprint density at radius 2 is 2.29 bits per heavy atom. The molecule has 1 heterocycles. The average molecular weight is 329 g/mol. The Balaban J connectivity index is 2.29. The highest BCUT2D eigenvalue weighted by Crippen LogP contribution is 2.28. The van der Waals surface area contributed by atoms with Crippen molar-refractivity contribution in [2.24, 2.45) is 5.73 Å². The summed E-state index contributed by atoms with van der Waals surface area (Å²) in [5.74, 6) is 5.52. The molecule has 1 aliphatic rings. The van der Waals surface area contributed by atoms with E-state index in [0.717, 1.165) is 0 Å². The van der Waals surface area contributed by atoms with Crippen molar-refractivity contribution in [3.63, 3.8) is 0 Å². The van der Waals surface area contributed by atoms with E-state index in [1.54, 1.807) is 19.2 Å². The van der Waals surface area contributed by atoms with E-state index in [1.807, 2.05) is 0 Å². The largest absolute Gasteiger partial charge is 0.380 e. The number of hydrogen-bond donors (Lipinski definition) is 1. The molecule has 114 valence electrons. The molecule has 1 aromatic carbocycles. The molecular formula is C14H17ClN2O3S. The number of halogens is 1. The van der Waals surface area contributed by atoms with Gasteiger partial charge in [0.1, 0.15) is 4.90 Å². The summed E-state index contributed by atoms with van der Waals surface area (Å²) >= 11 is 6.11. The third-order valence-electron chi connectivity index (χ3n) is 3.33. The zero-order valence-electron chi connectivity index (χ0n) is 11.7. The Bertz CT molecular complexity index is 679. The molecule has 1 fully saturated rings. The number of methoxy groups -OCH3 is 1. The molecule has 0 spiro atoms. The van der Waals surface area contributed by atoms with Gasteiger partial charge < -0.3 is 10.5 Å². The lowest BCUT2D eigenvalue weighted by molar-refractivity contribution is 0.115. The van der Waals surface area contributed by atoms with Gasteiger partial charge in [-0.15, -0.1) is 0 Å². The quantitative estimate of drug-likeness (QED) is 0.842. The van der Waals surface area contributed by atoms with Crippen LogP contribution in [0.5, 0.6) is 0 Å².